The number of nitrogens with zero attached hydrogens (tertiary/aromatic N) is 2. The Labute approximate surface area is 160 Å². The molecule has 0 aliphatic carbocycles. The van der Waals surface area contributed by atoms with Crippen molar-refractivity contribution in [1.29, 1.82) is 0 Å². The molecule has 2 rings (SSSR count). The molecule has 2 aromatic rings. The lowest BCUT2D eigenvalue weighted by Gasteiger charge is -2.25. The van der Waals surface area contributed by atoms with Gasteiger partial charge in [-0.25, -0.2) is 4.39 Å². The van der Waals surface area contributed by atoms with Gasteiger partial charge in [-0.1, -0.05) is 24.3 Å². The van der Waals surface area contributed by atoms with Crippen LogP contribution in [0.2, 0.25) is 0 Å². The van der Waals surface area contributed by atoms with Gasteiger partial charge in [0, 0.05) is 38.7 Å². The molecule has 0 heterocycles. The van der Waals surface area contributed by atoms with Crippen LogP contribution in [-0.4, -0.2) is 36.3 Å². The molecule has 5 heteroatoms. The molecule has 0 aliphatic rings. The summed E-state index contributed by atoms with van der Waals surface area (Å²) in [5, 5.41) is 0. The van der Waals surface area contributed by atoms with Crippen LogP contribution in [0.5, 0.6) is 0 Å². The molecule has 0 aromatic heterocycles. The Morgan fingerprint density at radius 2 is 1.74 bits per heavy atom. The molecule has 0 atom stereocenters. The lowest BCUT2D eigenvalue weighted by Crippen LogP contribution is -2.37. The highest BCUT2D eigenvalue weighted by Crippen LogP contribution is 2.17. The predicted octanol–water partition coefficient (Wildman–Crippen LogP) is 3.97. The second-order valence-electron chi connectivity index (χ2n) is 6.61. The molecule has 0 unspecified atom stereocenters. The van der Waals surface area contributed by atoms with Crippen LogP contribution in [0, 0.1) is 12.7 Å². The lowest BCUT2D eigenvalue weighted by atomic mass is 10.1. The fourth-order valence-electron chi connectivity index (χ4n) is 3.01. The summed E-state index contributed by atoms with van der Waals surface area (Å²) in [6, 6.07) is 14.1. The number of amides is 2. The second kappa shape index (κ2) is 9.86. The number of hydrogen-bond acceptors (Lipinski definition) is 2. The van der Waals surface area contributed by atoms with Crippen LogP contribution in [0.15, 0.2) is 48.5 Å². The van der Waals surface area contributed by atoms with E-state index in [0.29, 0.717) is 26.1 Å². The monoisotopic (exact) mass is 370 g/mol. The minimum Gasteiger partial charge on any atom is -0.342 e. The molecule has 27 heavy (non-hydrogen) atoms. The van der Waals surface area contributed by atoms with E-state index in [9.17, 15) is 14.0 Å². The second-order valence-corrected chi connectivity index (χ2v) is 6.61. The van der Waals surface area contributed by atoms with Crippen molar-refractivity contribution < 1.29 is 14.0 Å². The SMILES string of the molecule is CCN(C(=O)CCN(CCc1ccc(F)cc1)C(C)=O)c1cccc(C)c1. The third-order valence-electron chi connectivity index (χ3n) is 4.56. The van der Waals surface area contributed by atoms with Crippen LogP contribution in [0.25, 0.3) is 0 Å². The van der Waals surface area contributed by atoms with Crippen molar-refractivity contribution in [2.24, 2.45) is 0 Å². The van der Waals surface area contributed by atoms with E-state index in [4.69, 9.17) is 0 Å². The van der Waals surface area contributed by atoms with E-state index < -0.39 is 0 Å². The molecule has 0 aliphatic heterocycles. The van der Waals surface area contributed by atoms with E-state index >= 15 is 0 Å². The van der Waals surface area contributed by atoms with Gasteiger partial charge in [0.1, 0.15) is 5.82 Å². The number of rotatable bonds is 8. The Balaban J connectivity index is 1.94. The van der Waals surface area contributed by atoms with Gasteiger partial charge in [-0.2, -0.15) is 0 Å². The van der Waals surface area contributed by atoms with Crippen LogP contribution in [0.1, 0.15) is 31.4 Å². The van der Waals surface area contributed by atoms with Gasteiger partial charge in [0.25, 0.3) is 0 Å². The summed E-state index contributed by atoms with van der Waals surface area (Å²) >= 11 is 0. The van der Waals surface area contributed by atoms with Gasteiger partial charge in [-0.05, 0) is 55.7 Å². The first-order chi connectivity index (χ1) is 12.9. The molecule has 2 aromatic carbocycles. The molecule has 0 radical (unpaired) electrons. The first kappa shape index (κ1) is 20.6. The zero-order valence-corrected chi connectivity index (χ0v) is 16.2. The number of carbonyl (C=O) groups excluding carboxylic acids is 2. The van der Waals surface area contributed by atoms with E-state index in [0.717, 1.165) is 16.8 Å². The average molecular weight is 370 g/mol. The van der Waals surface area contributed by atoms with Gasteiger partial charge in [0.2, 0.25) is 11.8 Å². The topological polar surface area (TPSA) is 40.6 Å². The highest BCUT2D eigenvalue weighted by molar-refractivity contribution is 5.93. The molecular weight excluding hydrogens is 343 g/mol. The van der Waals surface area contributed by atoms with Crippen LogP contribution in [0.4, 0.5) is 10.1 Å². The molecule has 0 N–H and O–H groups in total. The molecule has 2 amide bonds. The molecule has 0 spiro atoms. The maximum atomic E-state index is 13.0. The standard InChI is InChI=1S/C22H27FN2O2/c1-4-25(21-7-5-6-17(2)16-21)22(27)13-15-24(18(3)26)14-12-19-8-10-20(23)11-9-19/h5-11,16H,4,12-15H2,1-3H3. The van der Waals surface area contributed by atoms with Crippen LogP contribution < -0.4 is 4.90 Å². The quantitative estimate of drug-likeness (QED) is 0.705. The average Bonchev–Trinajstić information content (AvgIpc) is 2.63. The number of aryl methyl sites for hydroxylation is 1. The molecule has 4 nitrogen and oxygen atoms in total. The Morgan fingerprint density at radius 1 is 1.04 bits per heavy atom. The minimum absolute atomic E-state index is 0.00358. The van der Waals surface area contributed by atoms with Crippen LogP contribution >= 0.6 is 0 Å². The van der Waals surface area contributed by atoms with Crippen molar-refractivity contribution in [3.63, 3.8) is 0 Å². The third-order valence-corrected chi connectivity index (χ3v) is 4.56. The van der Waals surface area contributed by atoms with E-state index in [2.05, 4.69) is 0 Å². The van der Waals surface area contributed by atoms with Crippen LogP contribution in [-0.2, 0) is 16.0 Å². The predicted molar refractivity (Wildman–Crippen MR) is 106 cm³/mol. The third kappa shape index (κ3) is 6.20. The van der Waals surface area contributed by atoms with E-state index in [1.165, 1.54) is 19.1 Å². The Morgan fingerprint density at radius 3 is 2.33 bits per heavy atom. The molecule has 144 valence electrons. The highest BCUT2D eigenvalue weighted by Gasteiger charge is 2.17. The molecular formula is C22H27FN2O2. The smallest absolute Gasteiger partial charge is 0.228 e. The van der Waals surface area contributed by atoms with E-state index in [1.807, 2.05) is 38.1 Å². The van der Waals surface area contributed by atoms with Crippen LogP contribution in [0.3, 0.4) is 0 Å². The Bertz CT molecular complexity index is 774. The lowest BCUT2D eigenvalue weighted by molar-refractivity contribution is -0.129. The van der Waals surface area contributed by atoms with E-state index in [1.54, 1.807) is 21.9 Å². The molecule has 0 bridgehead atoms. The normalized spacial score (nSPS) is 10.5. The van der Waals surface area contributed by atoms with Crippen molar-refractivity contribution in [2.75, 3.05) is 24.5 Å². The Hall–Kier alpha value is -2.69. The first-order valence-electron chi connectivity index (χ1n) is 9.27. The summed E-state index contributed by atoms with van der Waals surface area (Å²) in [6.07, 6.45) is 0.897. The Kier molecular flexibility index (Phi) is 7.53. The number of benzene rings is 2. The van der Waals surface area contributed by atoms with Gasteiger partial charge in [0.15, 0.2) is 0 Å². The summed E-state index contributed by atoms with van der Waals surface area (Å²) in [6.45, 7) is 6.90. The number of anilines is 1. The maximum absolute atomic E-state index is 13.0. The zero-order valence-electron chi connectivity index (χ0n) is 16.2. The minimum atomic E-state index is -0.274. The summed E-state index contributed by atoms with van der Waals surface area (Å²) in [4.78, 5) is 28.0. The largest absolute Gasteiger partial charge is 0.342 e. The van der Waals surface area contributed by atoms with E-state index in [-0.39, 0.29) is 24.1 Å². The zero-order chi connectivity index (χ0) is 19.8. The summed E-state index contributed by atoms with van der Waals surface area (Å²) in [7, 11) is 0. The van der Waals surface area contributed by atoms with Crippen molar-refractivity contribution in [3.05, 3.63) is 65.5 Å². The van der Waals surface area contributed by atoms with Crippen molar-refractivity contribution in [2.45, 2.75) is 33.6 Å². The number of hydrogen-bond donors (Lipinski definition) is 0. The summed E-state index contributed by atoms with van der Waals surface area (Å²) in [5.74, 6) is -0.344. The van der Waals surface area contributed by atoms with Gasteiger partial charge >= 0.3 is 0 Å². The highest BCUT2D eigenvalue weighted by atomic mass is 19.1. The fraction of sp³-hybridized carbons (Fsp3) is 0.364. The van der Waals surface area contributed by atoms with Gasteiger partial charge in [0.05, 0.1) is 0 Å². The number of carbonyl (C=O) groups is 2. The first-order valence-corrected chi connectivity index (χ1v) is 9.27. The summed E-state index contributed by atoms with van der Waals surface area (Å²) in [5.41, 5.74) is 2.94. The molecule has 0 saturated heterocycles. The van der Waals surface area contributed by atoms with Crippen molar-refractivity contribution in [1.82, 2.24) is 4.90 Å². The van der Waals surface area contributed by atoms with Gasteiger partial charge in [-0.15, -0.1) is 0 Å². The molecule has 0 fully saturated rings. The van der Waals surface area contributed by atoms with Crippen molar-refractivity contribution >= 4 is 17.5 Å². The maximum Gasteiger partial charge on any atom is 0.228 e. The fourth-order valence-corrected chi connectivity index (χ4v) is 3.01. The number of halogens is 1. The van der Waals surface area contributed by atoms with Crippen molar-refractivity contribution in [3.8, 4) is 0 Å². The van der Waals surface area contributed by atoms with Gasteiger partial charge in [-0.3, -0.25) is 9.59 Å². The molecule has 0 saturated carbocycles. The summed E-state index contributed by atoms with van der Waals surface area (Å²) < 4.78 is 13.0. The van der Waals surface area contributed by atoms with Gasteiger partial charge < -0.3 is 9.80 Å².